The molecule has 0 bridgehead atoms. The van der Waals surface area contributed by atoms with Crippen LogP contribution in [0, 0.1) is 6.92 Å². The number of aryl methyl sites for hydroxylation is 1. The monoisotopic (exact) mass is 427 g/mol. The van der Waals surface area contributed by atoms with Gasteiger partial charge in [0.1, 0.15) is 11.4 Å². The number of likely N-dealkylation sites (N-methyl/N-ethyl adjacent to an activating group) is 1. The Morgan fingerprint density at radius 3 is 2.42 bits per heavy atom. The zero-order chi connectivity index (χ0) is 23.0. The quantitative estimate of drug-likeness (QED) is 0.618. The number of esters is 1. The summed E-state index contributed by atoms with van der Waals surface area (Å²) in [5.41, 5.74) is 1.72. The number of ether oxygens (including phenoxy) is 2. The second-order valence-electron chi connectivity index (χ2n) is 7.10. The van der Waals surface area contributed by atoms with Crippen LogP contribution < -0.4 is 10.1 Å². The number of benzene rings is 1. The van der Waals surface area contributed by atoms with Crippen molar-refractivity contribution in [1.82, 2.24) is 15.2 Å². The number of carbonyl (C=O) groups is 3. The van der Waals surface area contributed by atoms with E-state index in [9.17, 15) is 14.4 Å². The number of aromatic nitrogens is 1. The summed E-state index contributed by atoms with van der Waals surface area (Å²) in [5, 5.41) is 2.96. The Hall–Kier alpha value is -3.42. The molecule has 1 heterocycles. The molecule has 1 unspecified atom stereocenters. The molecule has 2 rings (SSSR count). The molecule has 0 aliphatic rings. The Morgan fingerprint density at radius 1 is 1.10 bits per heavy atom. The highest BCUT2D eigenvalue weighted by atomic mass is 16.5. The van der Waals surface area contributed by atoms with Crippen molar-refractivity contribution in [3.63, 3.8) is 0 Å². The molecule has 1 aromatic carbocycles. The zero-order valence-corrected chi connectivity index (χ0v) is 18.6. The van der Waals surface area contributed by atoms with Gasteiger partial charge < -0.3 is 19.7 Å². The zero-order valence-electron chi connectivity index (χ0n) is 18.6. The van der Waals surface area contributed by atoms with E-state index in [1.165, 1.54) is 11.0 Å². The van der Waals surface area contributed by atoms with Gasteiger partial charge in [0.15, 0.2) is 6.61 Å². The van der Waals surface area contributed by atoms with Gasteiger partial charge >= 0.3 is 5.97 Å². The third kappa shape index (κ3) is 6.28. The molecule has 8 nitrogen and oxygen atoms in total. The van der Waals surface area contributed by atoms with Crippen LogP contribution in [-0.4, -0.2) is 55.0 Å². The Kier molecular flexibility index (Phi) is 8.54. The van der Waals surface area contributed by atoms with E-state index in [4.69, 9.17) is 9.47 Å². The number of nitrogens with zero attached hydrogens (tertiary/aromatic N) is 2. The van der Waals surface area contributed by atoms with Crippen LogP contribution >= 0.6 is 0 Å². The first-order chi connectivity index (χ1) is 14.8. The SMILES string of the molecule is CCOC(=O)c1ccc(C(=O)NC(CC)c2ccccc2OCC(=O)N(C)C)nc1C. The maximum absolute atomic E-state index is 12.8. The van der Waals surface area contributed by atoms with Crippen LogP contribution in [0.15, 0.2) is 36.4 Å². The van der Waals surface area contributed by atoms with Gasteiger partial charge in [-0.1, -0.05) is 25.1 Å². The van der Waals surface area contributed by atoms with Crippen LogP contribution in [0.3, 0.4) is 0 Å². The van der Waals surface area contributed by atoms with E-state index < -0.39 is 5.97 Å². The molecular weight excluding hydrogens is 398 g/mol. The number of para-hydroxylation sites is 1. The van der Waals surface area contributed by atoms with Gasteiger partial charge in [-0.05, 0) is 38.5 Å². The molecular formula is C23H29N3O5. The molecule has 1 atom stereocenters. The highest BCUT2D eigenvalue weighted by molar-refractivity contribution is 5.95. The molecule has 0 saturated heterocycles. The van der Waals surface area contributed by atoms with Crippen molar-refractivity contribution in [2.45, 2.75) is 33.2 Å². The highest BCUT2D eigenvalue weighted by Crippen LogP contribution is 2.27. The normalized spacial score (nSPS) is 11.4. The first kappa shape index (κ1) is 23.9. The Morgan fingerprint density at radius 2 is 1.81 bits per heavy atom. The van der Waals surface area contributed by atoms with Crippen molar-refractivity contribution < 1.29 is 23.9 Å². The van der Waals surface area contributed by atoms with Crippen LogP contribution in [-0.2, 0) is 9.53 Å². The maximum Gasteiger partial charge on any atom is 0.339 e. The van der Waals surface area contributed by atoms with Crippen LogP contribution in [0.1, 0.15) is 58.4 Å². The van der Waals surface area contributed by atoms with Gasteiger partial charge in [-0.2, -0.15) is 0 Å². The summed E-state index contributed by atoms with van der Waals surface area (Å²) in [4.78, 5) is 42.3. The predicted octanol–water partition coefficient (Wildman–Crippen LogP) is 2.91. The molecule has 31 heavy (non-hydrogen) atoms. The lowest BCUT2D eigenvalue weighted by Crippen LogP contribution is -2.30. The van der Waals surface area contributed by atoms with E-state index in [1.807, 2.05) is 25.1 Å². The molecule has 0 fully saturated rings. The van der Waals surface area contributed by atoms with Crippen molar-refractivity contribution >= 4 is 17.8 Å². The first-order valence-corrected chi connectivity index (χ1v) is 10.2. The lowest BCUT2D eigenvalue weighted by Gasteiger charge is -2.21. The summed E-state index contributed by atoms with van der Waals surface area (Å²) < 4.78 is 10.7. The number of hydrogen-bond acceptors (Lipinski definition) is 6. The Balaban J connectivity index is 2.18. The number of amides is 2. The molecule has 1 aromatic heterocycles. The van der Waals surface area contributed by atoms with Gasteiger partial charge in [-0.25, -0.2) is 9.78 Å². The van der Waals surface area contributed by atoms with Crippen molar-refractivity contribution in [3.8, 4) is 5.75 Å². The summed E-state index contributed by atoms with van der Waals surface area (Å²) in [6.45, 7) is 5.50. The van der Waals surface area contributed by atoms with Gasteiger partial charge in [-0.15, -0.1) is 0 Å². The van der Waals surface area contributed by atoms with E-state index in [0.29, 0.717) is 23.4 Å². The first-order valence-electron chi connectivity index (χ1n) is 10.2. The average Bonchev–Trinajstić information content (AvgIpc) is 2.75. The van der Waals surface area contributed by atoms with Gasteiger partial charge in [0.25, 0.3) is 11.8 Å². The molecule has 2 aromatic rings. The van der Waals surface area contributed by atoms with Crippen LogP contribution in [0.4, 0.5) is 0 Å². The molecule has 166 valence electrons. The van der Waals surface area contributed by atoms with Crippen molar-refractivity contribution in [1.29, 1.82) is 0 Å². The summed E-state index contributed by atoms with van der Waals surface area (Å²) in [7, 11) is 3.32. The molecule has 2 amide bonds. The third-order valence-electron chi connectivity index (χ3n) is 4.67. The highest BCUT2D eigenvalue weighted by Gasteiger charge is 2.20. The van der Waals surface area contributed by atoms with Crippen molar-refractivity contribution in [2.75, 3.05) is 27.3 Å². The van der Waals surface area contributed by atoms with E-state index in [1.54, 1.807) is 40.1 Å². The molecule has 0 aliphatic heterocycles. The molecule has 0 aliphatic carbocycles. The lowest BCUT2D eigenvalue weighted by atomic mass is 10.0. The summed E-state index contributed by atoms with van der Waals surface area (Å²) >= 11 is 0. The van der Waals surface area contributed by atoms with Gasteiger partial charge in [0.2, 0.25) is 0 Å². The second kappa shape index (κ2) is 11.1. The second-order valence-corrected chi connectivity index (χ2v) is 7.10. The largest absolute Gasteiger partial charge is 0.483 e. The van der Waals surface area contributed by atoms with Crippen LogP contribution in [0.25, 0.3) is 0 Å². The fraction of sp³-hybridized carbons (Fsp3) is 0.391. The van der Waals surface area contributed by atoms with E-state index >= 15 is 0 Å². The van der Waals surface area contributed by atoms with Crippen molar-refractivity contribution in [3.05, 3.63) is 58.9 Å². The fourth-order valence-corrected chi connectivity index (χ4v) is 2.91. The van der Waals surface area contributed by atoms with Crippen LogP contribution in [0.2, 0.25) is 0 Å². The van der Waals surface area contributed by atoms with E-state index in [-0.39, 0.29) is 36.8 Å². The number of rotatable bonds is 9. The maximum atomic E-state index is 12.8. The van der Waals surface area contributed by atoms with E-state index in [0.717, 1.165) is 5.56 Å². The minimum absolute atomic E-state index is 0.0928. The van der Waals surface area contributed by atoms with Crippen LogP contribution in [0.5, 0.6) is 5.75 Å². The summed E-state index contributed by atoms with van der Waals surface area (Å²) in [6.07, 6.45) is 0.605. The molecule has 8 heteroatoms. The number of nitrogens with one attached hydrogen (secondary N) is 1. The molecule has 0 radical (unpaired) electrons. The minimum atomic E-state index is -0.468. The topological polar surface area (TPSA) is 97.8 Å². The standard InChI is InChI=1S/C23H29N3O5/c1-6-18(17-10-8-9-11-20(17)31-14-21(27)26(4)5)25-22(28)19-13-12-16(15(3)24-19)23(29)30-7-2/h8-13,18H,6-7,14H2,1-5H3,(H,25,28). The summed E-state index contributed by atoms with van der Waals surface area (Å²) in [5.74, 6) is -0.464. The van der Waals surface area contributed by atoms with Gasteiger partial charge in [0, 0.05) is 19.7 Å². The fourth-order valence-electron chi connectivity index (χ4n) is 2.91. The lowest BCUT2D eigenvalue weighted by molar-refractivity contribution is -0.130. The number of carbonyl (C=O) groups excluding carboxylic acids is 3. The summed E-state index contributed by atoms with van der Waals surface area (Å²) in [6, 6.07) is 9.98. The smallest absolute Gasteiger partial charge is 0.339 e. The number of hydrogen-bond donors (Lipinski definition) is 1. The third-order valence-corrected chi connectivity index (χ3v) is 4.67. The van der Waals surface area contributed by atoms with E-state index in [2.05, 4.69) is 10.3 Å². The van der Waals surface area contributed by atoms with Gasteiger partial charge in [-0.3, -0.25) is 9.59 Å². The van der Waals surface area contributed by atoms with Crippen molar-refractivity contribution in [2.24, 2.45) is 0 Å². The predicted molar refractivity (Wildman–Crippen MR) is 116 cm³/mol. The van der Waals surface area contributed by atoms with Gasteiger partial charge in [0.05, 0.1) is 23.9 Å². The molecule has 1 N–H and O–H groups in total. The Labute approximate surface area is 182 Å². The Bertz CT molecular complexity index is 943. The average molecular weight is 428 g/mol. The molecule has 0 spiro atoms. The minimum Gasteiger partial charge on any atom is -0.483 e. The number of pyridine rings is 1. The molecule has 0 saturated carbocycles.